The summed E-state index contributed by atoms with van der Waals surface area (Å²) in [5, 5.41) is 18.2. The quantitative estimate of drug-likeness (QED) is 0.247. The zero-order valence-corrected chi connectivity index (χ0v) is 20.2. The van der Waals surface area contributed by atoms with Crippen molar-refractivity contribution < 1.29 is 28.9 Å². The summed E-state index contributed by atoms with van der Waals surface area (Å²) in [6.45, 7) is 7.03. The standard InChI is InChI=1S/C24H41N3O6/c1-19(17-33-20(2)18-32-16-15-31-3)27-24(30)26-14-10-6-4-5-9-13-25-23(29)21-11-7-8-12-22(21)28/h7-8,11-12,19-20,28H,4-6,9-10,13-18H2,1-3H3,(H,25,29)(H2,26,27,30). The predicted molar refractivity (Wildman–Crippen MR) is 128 cm³/mol. The number of phenolic OH excluding ortho intramolecular Hbond substituents is 1. The zero-order valence-electron chi connectivity index (χ0n) is 20.2. The Morgan fingerprint density at radius 2 is 1.61 bits per heavy atom. The molecule has 0 saturated carbocycles. The maximum Gasteiger partial charge on any atom is 0.315 e. The van der Waals surface area contributed by atoms with Gasteiger partial charge in [0.25, 0.3) is 5.91 Å². The van der Waals surface area contributed by atoms with E-state index in [1.54, 1.807) is 25.3 Å². The van der Waals surface area contributed by atoms with Gasteiger partial charge in [-0.05, 0) is 38.8 Å². The van der Waals surface area contributed by atoms with Crippen LogP contribution in [0, 0.1) is 0 Å². The van der Waals surface area contributed by atoms with Crippen LogP contribution in [-0.4, -0.2) is 75.8 Å². The van der Waals surface area contributed by atoms with Crippen LogP contribution in [0.1, 0.15) is 56.3 Å². The third-order valence-corrected chi connectivity index (χ3v) is 4.87. The summed E-state index contributed by atoms with van der Waals surface area (Å²) < 4.78 is 16.0. The van der Waals surface area contributed by atoms with Gasteiger partial charge in [-0.15, -0.1) is 0 Å². The van der Waals surface area contributed by atoms with Crippen LogP contribution in [0.25, 0.3) is 0 Å². The van der Waals surface area contributed by atoms with Gasteiger partial charge in [0.15, 0.2) is 0 Å². The molecule has 0 aliphatic carbocycles. The minimum Gasteiger partial charge on any atom is -0.507 e. The van der Waals surface area contributed by atoms with Gasteiger partial charge in [-0.2, -0.15) is 0 Å². The summed E-state index contributed by atoms with van der Waals surface area (Å²) in [7, 11) is 1.63. The summed E-state index contributed by atoms with van der Waals surface area (Å²) >= 11 is 0. The number of benzene rings is 1. The Bertz CT molecular complexity index is 673. The lowest BCUT2D eigenvalue weighted by Gasteiger charge is -2.18. The van der Waals surface area contributed by atoms with Crippen LogP contribution < -0.4 is 16.0 Å². The number of carbonyl (C=O) groups excluding carboxylic acids is 2. The van der Waals surface area contributed by atoms with Gasteiger partial charge in [-0.1, -0.05) is 31.4 Å². The molecule has 0 saturated heterocycles. The van der Waals surface area contributed by atoms with E-state index in [2.05, 4.69) is 16.0 Å². The van der Waals surface area contributed by atoms with E-state index < -0.39 is 0 Å². The molecule has 33 heavy (non-hydrogen) atoms. The Labute approximate surface area is 197 Å². The first kappa shape index (κ1) is 28.7. The highest BCUT2D eigenvalue weighted by atomic mass is 16.5. The van der Waals surface area contributed by atoms with Crippen molar-refractivity contribution in [2.45, 2.75) is 58.1 Å². The lowest BCUT2D eigenvalue weighted by Crippen LogP contribution is -2.43. The monoisotopic (exact) mass is 467 g/mol. The molecule has 1 aromatic carbocycles. The van der Waals surface area contributed by atoms with Gasteiger partial charge >= 0.3 is 6.03 Å². The van der Waals surface area contributed by atoms with Gasteiger partial charge in [0.1, 0.15) is 5.75 Å². The van der Waals surface area contributed by atoms with E-state index in [1.165, 1.54) is 6.07 Å². The fourth-order valence-electron chi connectivity index (χ4n) is 3.01. The SMILES string of the molecule is COCCOCC(C)OCC(C)NC(=O)NCCCCCCCNC(=O)c1ccccc1O. The maximum absolute atomic E-state index is 12.0. The minimum absolute atomic E-state index is 0.00802. The molecule has 0 aliphatic heterocycles. The number of rotatable bonds is 18. The molecule has 9 nitrogen and oxygen atoms in total. The number of phenols is 1. The molecule has 0 bridgehead atoms. The summed E-state index contributed by atoms with van der Waals surface area (Å²) in [4.78, 5) is 23.9. The smallest absolute Gasteiger partial charge is 0.315 e. The van der Waals surface area contributed by atoms with Crippen molar-refractivity contribution in [1.82, 2.24) is 16.0 Å². The molecule has 0 spiro atoms. The fraction of sp³-hybridized carbons (Fsp3) is 0.667. The number of hydrogen-bond donors (Lipinski definition) is 4. The van der Waals surface area contributed by atoms with E-state index in [1.807, 2.05) is 13.8 Å². The van der Waals surface area contributed by atoms with Gasteiger partial charge in [-0.25, -0.2) is 4.79 Å². The first-order valence-electron chi connectivity index (χ1n) is 11.7. The van der Waals surface area contributed by atoms with Crippen LogP contribution in [0.15, 0.2) is 24.3 Å². The molecule has 2 atom stereocenters. The van der Waals surface area contributed by atoms with Gasteiger partial charge in [-0.3, -0.25) is 4.79 Å². The third kappa shape index (κ3) is 14.4. The van der Waals surface area contributed by atoms with E-state index in [-0.39, 0.29) is 29.8 Å². The lowest BCUT2D eigenvalue weighted by molar-refractivity contribution is -0.0228. The molecule has 3 amide bonds. The molecule has 2 unspecified atom stereocenters. The number of para-hydroxylation sites is 1. The Morgan fingerprint density at radius 1 is 0.939 bits per heavy atom. The lowest BCUT2D eigenvalue weighted by atomic mass is 10.1. The summed E-state index contributed by atoms with van der Waals surface area (Å²) in [5.74, 6) is -0.265. The van der Waals surface area contributed by atoms with Crippen molar-refractivity contribution in [3.8, 4) is 5.75 Å². The van der Waals surface area contributed by atoms with Crippen LogP contribution in [0.4, 0.5) is 4.79 Å². The normalized spacial score (nSPS) is 12.7. The van der Waals surface area contributed by atoms with Gasteiger partial charge in [0.2, 0.25) is 0 Å². The van der Waals surface area contributed by atoms with E-state index in [0.717, 1.165) is 32.1 Å². The Morgan fingerprint density at radius 3 is 2.30 bits per heavy atom. The molecule has 4 N–H and O–H groups in total. The number of unbranched alkanes of at least 4 members (excludes halogenated alkanes) is 4. The number of ether oxygens (including phenoxy) is 3. The Kier molecular flexibility index (Phi) is 15.7. The zero-order chi connectivity index (χ0) is 24.3. The van der Waals surface area contributed by atoms with Crippen molar-refractivity contribution in [3.63, 3.8) is 0 Å². The summed E-state index contributed by atoms with van der Waals surface area (Å²) in [6.07, 6.45) is 4.76. The number of hydrogen-bond acceptors (Lipinski definition) is 6. The van der Waals surface area contributed by atoms with Crippen molar-refractivity contribution in [2.75, 3.05) is 46.6 Å². The number of urea groups is 1. The number of nitrogens with one attached hydrogen (secondary N) is 3. The number of aromatic hydroxyl groups is 1. The first-order valence-corrected chi connectivity index (χ1v) is 11.7. The molecule has 0 aliphatic rings. The second kappa shape index (κ2) is 18.1. The molecule has 188 valence electrons. The van der Waals surface area contributed by atoms with Gasteiger partial charge in [0.05, 0.1) is 44.1 Å². The van der Waals surface area contributed by atoms with Crippen molar-refractivity contribution in [3.05, 3.63) is 29.8 Å². The second-order valence-corrected chi connectivity index (χ2v) is 8.05. The summed E-state index contributed by atoms with van der Waals surface area (Å²) in [6, 6.07) is 6.22. The van der Waals surface area contributed by atoms with E-state index in [0.29, 0.717) is 45.1 Å². The Balaban J connectivity index is 1.96. The van der Waals surface area contributed by atoms with Crippen molar-refractivity contribution in [2.24, 2.45) is 0 Å². The van der Waals surface area contributed by atoms with Crippen molar-refractivity contribution in [1.29, 1.82) is 0 Å². The first-order chi connectivity index (χ1) is 15.9. The molecule has 0 aromatic heterocycles. The Hall–Kier alpha value is -2.36. The average Bonchev–Trinajstić information content (AvgIpc) is 2.79. The third-order valence-electron chi connectivity index (χ3n) is 4.87. The molecule has 0 fully saturated rings. The molecule has 1 rings (SSSR count). The molecule has 0 radical (unpaired) electrons. The van der Waals surface area contributed by atoms with E-state index >= 15 is 0 Å². The highest BCUT2D eigenvalue weighted by Gasteiger charge is 2.10. The van der Waals surface area contributed by atoms with Crippen LogP contribution >= 0.6 is 0 Å². The molecular formula is C24H41N3O6. The molecule has 9 heteroatoms. The fourth-order valence-corrected chi connectivity index (χ4v) is 3.01. The van der Waals surface area contributed by atoms with Crippen LogP contribution in [-0.2, 0) is 14.2 Å². The number of amides is 3. The average molecular weight is 468 g/mol. The van der Waals surface area contributed by atoms with E-state index in [4.69, 9.17) is 14.2 Å². The van der Waals surface area contributed by atoms with Gasteiger partial charge in [0, 0.05) is 20.2 Å². The van der Waals surface area contributed by atoms with Crippen molar-refractivity contribution >= 4 is 11.9 Å². The largest absolute Gasteiger partial charge is 0.507 e. The summed E-state index contributed by atoms with van der Waals surface area (Å²) in [5.41, 5.74) is 0.296. The molecule has 0 heterocycles. The maximum atomic E-state index is 12.0. The predicted octanol–water partition coefficient (Wildman–Crippen LogP) is 2.83. The second-order valence-electron chi connectivity index (χ2n) is 8.05. The highest BCUT2D eigenvalue weighted by Crippen LogP contribution is 2.15. The molecule has 1 aromatic rings. The van der Waals surface area contributed by atoms with Crippen LogP contribution in [0.2, 0.25) is 0 Å². The van der Waals surface area contributed by atoms with Crippen LogP contribution in [0.3, 0.4) is 0 Å². The number of carbonyl (C=O) groups is 2. The number of methoxy groups -OCH3 is 1. The van der Waals surface area contributed by atoms with Gasteiger partial charge < -0.3 is 35.3 Å². The van der Waals surface area contributed by atoms with Crippen LogP contribution in [0.5, 0.6) is 5.75 Å². The minimum atomic E-state index is -0.257. The topological polar surface area (TPSA) is 118 Å². The molecular weight excluding hydrogens is 426 g/mol. The highest BCUT2D eigenvalue weighted by molar-refractivity contribution is 5.96. The van der Waals surface area contributed by atoms with E-state index in [9.17, 15) is 14.7 Å².